The van der Waals surface area contributed by atoms with Gasteiger partial charge in [-0.1, -0.05) is 16.7 Å². The second-order valence-corrected chi connectivity index (χ2v) is 5.41. The van der Waals surface area contributed by atoms with Crippen LogP contribution in [0.3, 0.4) is 0 Å². The van der Waals surface area contributed by atoms with Crippen LogP contribution in [0.2, 0.25) is 5.02 Å². The van der Waals surface area contributed by atoms with Gasteiger partial charge in [0.05, 0.1) is 5.52 Å². The molecule has 1 fully saturated rings. The predicted molar refractivity (Wildman–Crippen MR) is 78.8 cm³/mol. The minimum Gasteiger partial charge on any atom is -0.302 e. The van der Waals surface area contributed by atoms with Gasteiger partial charge in [0.15, 0.2) is 0 Å². The molecular weight excluding hydrogens is 276 g/mol. The average molecular weight is 292 g/mol. The molecule has 1 aliphatic heterocycles. The Labute approximate surface area is 122 Å². The van der Waals surface area contributed by atoms with Crippen molar-refractivity contribution in [1.82, 2.24) is 19.7 Å². The van der Waals surface area contributed by atoms with E-state index in [9.17, 15) is 4.79 Å². The Bertz CT molecular complexity index is 664. The molecule has 0 atom stereocenters. The Morgan fingerprint density at radius 2 is 1.95 bits per heavy atom. The van der Waals surface area contributed by atoms with Crippen molar-refractivity contribution in [3.63, 3.8) is 0 Å². The largest absolute Gasteiger partial charge is 0.366 e. The van der Waals surface area contributed by atoms with Crippen LogP contribution in [-0.4, -0.2) is 39.3 Å². The molecule has 0 unspecified atom stereocenters. The summed E-state index contributed by atoms with van der Waals surface area (Å²) in [6.45, 7) is 3.59. The first-order chi connectivity index (χ1) is 9.74. The summed E-state index contributed by atoms with van der Waals surface area (Å²) in [6.07, 6.45) is 4.55. The molecule has 1 aromatic carbocycles. The van der Waals surface area contributed by atoms with Gasteiger partial charge in [0.1, 0.15) is 5.52 Å². The van der Waals surface area contributed by atoms with Crippen molar-refractivity contribution >= 4 is 22.6 Å². The van der Waals surface area contributed by atoms with Crippen LogP contribution >= 0.6 is 11.6 Å². The molecule has 20 heavy (non-hydrogen) atoms. The third kappa shape index (κ3) is 2.83. The van der Waals surface area contributed by atoms with Crippen LogP contribution in [0.25, 0.3) is 11.0 Å². The molecule has 3 rings (SSSR count). The molecule has 0 amide bonds. The number of aromatic nitrogens is 3. The molecule has 1 saturated heterocycles. The summed E-state index contributed by atoms with van der Waals surface area (Å²) in [5.74, 6) is 0. The van der Waals surface area contributed by atoms with Crippen molar-refractivity contribution in [2.24, 2.45) is 0 Å². The first kappa shape index (κ1) is 13.5. The Hall–Kier alpha value is -1.46. The maximum Gasteiger partial charge on any atom is 0.366 e. The lowest BCUT2D eigenvalue weighted by molar-refractivity contribution is 0.244. The zero-order valence-corrected chi connectivity index (χ0v) is 11.9. The predicted octanol–water partition coefficient (Wildman–Crippen LogP) is 1.74. The zero-order valence-electron chi connectivity index (χ0n) is 11.1. The Morgan fingerprint density at radius 1 is 1.15 bits per heavy atom. The van der Waals surface area contributed by atoms with E-state index in [1.807, 2.05) is 0 Å². The van der Waals surface area contributed by atoms with Gasteiger partial charge in [-0.15, -0.1) is 5.10 Å². The van der Waals surface area contributed by atoms with E-state index in [-0.39, 0.29) is 5.69 Å². The van der Waals surface area contributed by atoms with Crippen molar-refractivity contribution in [2.45, 2.75) is 19.4 Å². The molecule has 0 bridgehead atoms. The highest BCUT2D eigenvalue weighted by Crippen LogP contribution is 2.16. The molecule has 1 aliphatic rings. The van der Waals surface area contributed by atoms with E-state index in [1.165, 1.54) is 0 Å². The summed E-state index contributed by atoms with van der Waals surface area (Å²) in [6, 6.07) is 5.32. The van der Waals surface area contributed by atoms with Crippen molar-refractivity contribution in [2.75, 3.05) is 19.6 Å². The van der Waals surface area contributed by atoms with Gasteiger partial charge in [0.2, 0.25) is 0 Å². The van der Waals surface area contributed by atoms with Crippen LogP contribution in [0.4, 0.5) is 0 Å². The molecule has 5 nitrogen and oxygen atoms in total. The van der Waals surface area contributed by atoms with Gasteiger partial charge < -0.3 is 4.90 Å². The summed E-state index contributed by atoms with van der Waals surface area (Å²) in [5.41, 5.74) is 1.13. The molecule has 1 radical (unpaired) electrons. The minimum atomic E-state index is -0.316. The van der Waals surface area contributed by atoms with Crippen molar-refractivity contribution in [3.05, 3.63) is 40.1 Å². The lowest BCUT2D eigenvalue weighted by atomic mass is 10.1. The van der Waals surface area contributed by atoms with Crippen LogP contribution in [-0.2, 0) is 6.54 Å². The molecule has 6 heteroatoms. The topological polar surface area (TPSA) is 51.0 Å². The molecule has 2 aromatic rings. The molecule has 105 valence electrons. The number of halogens is 1. The van der Waals surface area contributed by atoms with Crippen molar-refractivity contribution in [1.29, 1.82) is 0 Å². The number of fused-ring (bicyclic) bond motifs is 1. The monoisotopic (exact) mass is 291 g/mol. The van der Waals surface area contributed by atoms with Crippen LogP contribution in [0, 0.1) is 6.42 Å². The maximum absolute atomic E-state index is 11.9. The molecule has 0 spiro atoms. The quantitative estimate of drug-likeness (QED) is 0.864. The number of likely N-dealkylation sites (tertiary alicyclic amines) is 1. The molecule has 0 saturated carbocycles. The van der Waals surface area contributed by atoms with Crippen LogP contribution < -0.4 is 5.69 Å². The number of rotatable bonds is 3. The highest BCUT2D eigenvalue weighted by Gasteiger charge is 2.12. The third-order valence-electron chi connectivity index (χ3n) is 3.64. The van der Waals surface area contributed by atoms with E-state index in [4.69, 9.17) is 11.6 Å². The van der Waals surface area contributed by atoms with E-state index in [1.54, 1.807) is 22.8 Å². The van der Waals surface area contributed by atoms with Gasteiger partial charge >= 0.3 is 5.69 Å². The smallest absolute Gasteiger partial charge is 0.302 e. The van der Waals surface area contributed by atoms with Crippen molar-refractivity contribution < 1.29 is 0 Å². The lowest BCUT2D eigenvalue weighted by Gasteiger charge is -2.26. The van der Waals surface area contributed by atoms with Gasteiger partial charge in [0, 0.05) is 18.1 Å². The summed E-state index contributed by atoms with van der Waals surface area (Å²) in [4.78, 5) is 14.3. The van der Waals surface area contributed by atoms with E-state index >= 15 is 0 Å². The fraction of sp³-hybridized carbons (Fsp3) is 0.429. The van der Waals surface area contributed by atoms with E-state index in [0.717, 1.165) is 38.0 Å². The average Bonchev–Trinajstić information content (AvgIpc) is 2.47. The van der Waals surface area contributed by atoms with Gasteiger partial charge in [-0.2, -0.15) is 0 Å². The molecular formula is C14H16ClN4O. The second kappa shape index (κ2) is 5.89. The summed E-state index contributed by atoms with van der Waals surface area (Å²) in [7, 11) is 0. The van der Waals surface area contributed by atoms with Gasteiger partial charge in [-0.25, -0.2) is 4.79 Å². The Morgan fingerprint density at radius 3 is 2.75 bits per heavy atom. The second-order valence-electron chi connectivity index (χ2n) is 4.97. The standard InChI is InChI=1S/C14H16ClN4O/c15-11-4-5-12-13(10-11)19(14(20)17-16-12)9-8-18-6-2-1-3-7-18/h1,4-5,10H,2-3,6-9H2. The number of hydrogen-bond acceptors (Lipinski definition) is 4. The van der Waals surface area contributed by atoms with Gasteiger partial charge in [0.25, 0.3) is 0 Å². The fourth-order valence-corrected chi connectivity index (χ4v) is 2.70. The summed E-state index contributed by atoms with van der Waals surface area (Å²) in [5, 5.41) is 8.21. The van der Waals surface area contributed by atoms with Crippen LogP contribution in [0.5, 0.6) is 0 Å². The summed E-state index contributed by atoms with van der Waals surface area (Å²) < 4.78 is 1.66. The first-order valence-corrected chi connectivity index (χ1v) is 7.18. The Balaban J connectivity index is 1.87. The fourth-order valence-electron chi connectivity index (χ4n) is 2.54. The lowest BCUT2D eigenvalue weighted by Crippen LogP contribution is -2.35. The van der Waals surface area contributed by atoms with Gasteiger partial charge in [-0.3, -0.25) is 4.57 Å². The maximum atomic E-state index is 11.9. The zero-order chi connectivity index (χ0) is 13.9. The number of nitrogens with zero attached hydrogens (tertiary/aromatic N) is 4. The number of hydrogen-bond donors (Lipinski definition) is 0. The Kier molecular flexibility index (Phi) is 3.98. The minimum absolute atomic E-state index is 0.316. The van der Waals surface area contributed by atoms with Gasteiger partial charge in [-0.05, 0) is 50.6 Å². The number of piperidine rings is 1. The number of benzene rings is 1. The normalized spacial score (nSPS) is 16.6. The molecule has 0 aliphatic carbocycles. The molecule has 2 heterocycles. The third-order valence-corrected chi connectivity index (χ3v) is 3.88. The van der Waals surface area contributed by atoms with Crippen LogP contribution in [0.1, 0.15) is 12.8 Å². The molecule has 0 N–H and O–H groups in total. The van der Waals surface area contributed by atoms with E-state index in [0.29, 0.717) is 17.1 Å². The highest BCUT2D eigenvalue weighted by molar-refractivity contribution is 6.31. The SMILES string of the molecule is O=c1nnc2ccc(Cl)cc2n1CCN1CC[CH]CC1. The van der Waals surface area contributed by atoms with E-state index < -0.39 is 0 Å². The van der Waals surface area contributed by atoms with E-state index in [2.05, 4.69) is 21.5 Å². The molecule has 1 aromatic heterocycles. The summed E-state index contributed by atoms with van der Waals surface area (Å²) >= 11 is 6.01. The van der Waals surface area contributed by atoms with Crippen LogP contribution in [0.15, 0.2) is 23.0 Å². The highest BCUT2D eigenvalue weighted by atomic mass is 35.5. The first-order valence-electron chi connectivity index (χ1n) is 6.81. The van der Waals surface area contributed by atoms with Crippen molar-refractivity contribution in [3.8, 4) is 0 Å².